The summed E-state index contributed by atoms with van der Waals surface area (Å²) in [5, 5.41) is 3.45. The van der Waals surface area contributed by atoms with Gasteiger partial charge in [-0.1, -0.05) is 18.2 Å². The number of nitrogens with one attached hydrogen (secondary N) is 1. The van der Waals surface area contributed by atoms with Crippen molar-refractivity contribution in [2.24, 2.45) is 0 Å². The highest BCUT2D eigenvalue weighted by atomic mass is 35.5. The zero-order chi connectivity index (χ0) is 10.6. The number of hydrogen-bond donors (Lipinski definition) is 1. The Balaban J connectivity index is 2.44. The number of halogens is 1. The zero-order valence-electron chi connectivity index (χ0n) is 7.36. The molecule has 0 fully saturated rings. The maximum Gasteiger partial charge on any atom is 0.233 e. The third kappa shape index (κ3) is 3.42. The number of sulfonamides is 1. The van der Waals surface area contributed by atoms with Gasteiger partial charge in [0, 0.05) is 16.8 Å². The van der Waals surface area contributed by atoms with Gasteiger partial charge in [0.05, 0.1) is 5.02 Å². The SMILES string of the molecule is C=CS(=O)(=O)NCCc1sccc1Cl. The van der Waals surface area contributed by atoms with E-state index in [1.165, 1.54) is 11.3 Å². The normalized spacial score (nSPS) is 11.5. The van der Waals surface area contributed by atoms with Crippen LogP contribution in [0, 0.1) is 0 Å². The molecule has 0 bridgehead atoms. The number of thiophene rings is 1. The molecule has 0 unspecified atom stereocenters. The Morgan fingerprint density at radius 1 is 1.64 bits per heavy atom. The lowest BCUT2D eigenvalue weighted by Gasteiger charge is -2.00. The quantitative estimate of drug-likeness (QED) is 0.870. The fraction of sp³-hybridized carbons (Fsp3) is 0.250. The van der Waals surface area contributed by atoms with Gasteiger partial charge in [0.1, 0.15) is 0 Å². The van der Waals surface area contributed by atoms with Gasteiger partial charge in [-0.15, -0.1) is 11.3 Å². The molecule has 0 aliphatic rings. The standard InChI is InChI=1S/C8H10ClNO2S2/c1-2-14(11,12)10-5-3-8-7(9)4-6-13-8/h2,4,6,10H,1,3,5H2. The van der Waals surface area contributed by atoms with Crippen LogP contribution in [-0.2, 0) is 16.4 Å². The predicted molar refractivity (Wildman–Crippen MR) is 60.2 cm³/mol. The molecule has 0 spiro atoms. The van der Waals surface area contributed by atoms with E-state index in [-0.39, 0.29) is 0 Å². The predicted octanol–water partition coefficient (Wildman–Crippen LogP) is 2.01. The van der Waals surface area contributed by atoms with Crippen LogP contribution in [0.3, 0.4) is 0 Å². The van der Waals surface area contributed by atoms with Crippen LogP contribution in [0.2, 0.25) is 5.02 Å². The lowest BCUT2D eigenvalue weighted by Crippen LogP contribution is -2.23. The largest absolute Gasteiger partial charge is 0.233 e. The van der Waals surface area contributed by atoms with Crippen molar-refractivity contribution in [2.75, 3.05) is 6.54 Å². The van der Waals surface area contributed by atoms with Crippen molar-refractivity contribution in [2.45, 2.75) is 6.42 Å². The summed E-state index contributed by atoms with van der Waals surface area (Å²) in [6, 6.07) is 1.80. The Hall–Kier alpha value is -0.360. The third-order valence-electron chi connectivity index (χ3n) is 1.57. The van der Waals surface area contributed by atoms with E-state index in [2.05, 4.69) is 11.3 Å². The van der Waals surface area contributed by atoms with Crippen LogP contribution in [0.1, 0.15) is 4.88 Å². The van der Waals surface area contributed by atoms with E-state index >= 15 is 0 Å². The van der Waals surface area contributed by atoms with Crippen molar-refractivity contribution >= 4 is 33.0 Å². The zero-order valence-corrected chi connectivity index (χ0v) is 9.75. The van der Waals surface area contributed by atoms with Crippen LogP contribution in [0.4, 0.5) is 0 Å². The minimum atomic E-state index is -3.31. The van der Waals surface area contributed by atoms with Crippen LogP contribution < -0.4 is 4.72 Å². The maximum atomic E-state index is 11.0. The van der Waals surface area contributed by atoms with Crippen LogP contribution in [0.5, 0.6) is 0 Å². The summed E-state index contributed by atoms with van der Waals surface area (Å²) < 4.78 is 24.3. The smallest absolute Gasteiger partial charge is 0.211 e. The highest BCUT2D eigenvalue weighted by Gasteiger charge is 2.05. The van der Waals surface area contributed by atoms with Crippen molar-refractivity contribution < 1.29 is 8.42 Å². The third-order valence-corrected chi connectivity index (χ3v) is 4.06. The Bertz CT molecular complexity index is 411. The topological polar surface area (TPSA) is 46.2 Å². The van der Waals surface area contributed by atoms with Crippen LogP contribution in [0.15, 0.2) is 23.4 Å². The van der Waals surface area contributed by atoms with Gasteiger partial charge in [-0.2, -0.15) is 0 Å². The first-order valence-corrected chi connectivity index (χ1v) is 6.69. The van der Waals surface area contributed by atoms with Crippen molar-refractivity contribution in [3.05, 3.63) is 33.3 Å². The average molecular weight is 252 g/mol. The van der Waals surface area contributed by atoms with Gasteiger partial charge in [-0.25, -0.2) is 13.1 Å². The summed E-state index contributed by atoms with van der Waals surface area (Å²) >= 11 is 7.35. The molecule has 1 N–H and O–H groups in total. The summed E-state index contributed by atoms with van der Waals surface area (Å²) in [6.45, 7) is 3.53. The lowest BCUT2D eigenvalue weighted by molar-refractivity contribution is 0.591. The molecule has 78 valence electrons. The summed E-state index contributed by atoms with van der Waals surface area (Å²) in [5.41, 5.74) is 0. The monoisotopic (exact) mass is 251 g/mol. The van der Waals surface area contributed by atoms with Crippen LogP contribution in [-0.4, -0.2) is 15.0 Å². The molecule has 3 nitrogen and oxygen atoms in total. The molecule has 1 aromatic heterocycles. The molecular weight excluding hydrogens is 242 g/mol. The molecule has 0 aliphatic carbocycles. The Morgan fingerprint density at radius 2 is 2.36 bits per heavy atom. The van der Waals surface area contributed by atoms with Crippen molar-refractivity contribution in [1.82, 2.24) is 4.72 Å². The van der Waals surface area contributed by atoms with E-state index < -0.39 is 10.0 Å². The second kappa shape index (κ2) is 4.93. The van der Waals surface area contributed by atoms with Gasteiger partial charge in [-0.3, -0.25) is 0 Å². The first-order valence-electron chi connectivity index (χ1n) is 3.89. The molecule has 1 heterocycles. The Kier molecular flexibility index (Phi) is 4.12. The van der Waals surface area contributed by atoms with Gasteiger partial charge < -0.3 is 0 Å². The second-order valence-electron chi connectivity index (χ2n) is 2.55. The molecule has 0 radical (unpaired) electrons. The lowest BCUT2D eigenvalue weighted by atomic mass is 10.3. The van der Waals surface area contributed by atoms with Crippen molar-refractivity contribution in [1.29, 1.82) is 0 Å². The van der Waals surface area contributed by atoms with E-state index in [4.69, 9.17) is 11.6 Å². The number of hydrogen-bond acceptors (Lipinski definition) is 3. The molecule has 0 aliphatic heterocycles. The highest BCUT2D eigenvalue weighted by Crippen LogP contribution is 2.21. The summed E-state index contributed by atoms with van der Waals surface area (Å²) in [5.74, 6) is 0. The maximum absolute atomic E-state index is 11.0. The second-order valence-corrected chi connectivity index (χ2v) is 5.67. The Morgan fingerprint density at radius 3 is 2.86 bits per heavy atom. The minimum absolute atomic E-state index is 0.342. The Labute approximate surface area is 92.5 Å². The number of rotatable bonds is 5. The molecule has 0 atom stereocenters. The fourth-order valence-electron chi connectivity index (χ4n) is 0.869. The summed E-state index contributed by atoms with van der Waals surface area (Å²) in [7, 11) is -3.31. The summed E-state index contributed by atoms with van der Waals surface area (Å²) in [4.78, 5) is 0.985. The van der Waals surface area contributed by atoms with Crippen LogP contribution in [0.25, 0.3) is 0 Å². The molecule has 0 aromatic carbocycles. The molecular formula is C8H10ClNO2S2. The van der Waals surface area contributed by atoms with Gasteiger partial charge >= 0.3 is 0 Å². The van der Waals surface area contributed by atoms with Crippen LogP contribution >= 0.6 is 22.9 Å². The highest BCUT2D eigenvalue weighted by molar-refractivity contribution is 7.92. The van der Waals surface area contributed by atoms with Gasteiger partial charge in [-0.05, 0) is 17.9 Å². The minimum Gasteiger partial charge on any atom is -0.211 e. The molecule has 0 saturated heterocycles. The van der Waals surface area contributed by atoms with Gasteiger partial charge in [0.25, 0.3) is 0 Å². The van der Waals surface area contributed by atoms with E-state index in [0.29, 0.717) is 18.0 Å². The van der Waals surface area contributed by atoms with Crippen molar-refractivity contribution in [3.8, 4) is 0 Å². The molecule has 1 rings (SSSR count). The van der Waals surface area contributed by atoms with E-state index in [1.54, 1.807) is 6.07 Å². The van der Waals surface area contributed by atoms with Gasteiger partial charge in [0.2, 0.25) is 10.0 Å². The van der Waals surface area contributed by atoms with E-state index in [0.717, 1.165) is 10.3 Å². The molecule has 1 aromatic rings. The average Bonchev–Trinajstić information content (AvgIpc) is 2.52. The first kappa shape index (κ1) is 11.7. The summed E-state index contributed by atoms with van der Waals surface area (Å²) in [6.07, 6.45) is 0.601. The fourth-order valence-corrected chi connectivity index (χ4v) is 2.51. The molecule has 0 saturated carbocycles. The molecule has 0 amide bonds. The van der Waals surface area contributed by atoms with E-state index in [9.17, 15) is 8.42 Å². The first-order chi connectivity index (χ1) is 6.55. The van der Waals surface area contributed by atoms with E-state index in [1.807, 2.05) is 5.38 Å². The van der Waals surface area contributed by atoms with Crippen molar-refractivity contribution in [3.63, 3.8) is 0 Å². The van der Waals surface area contributed by atoms with Gasteiger partial charge in [0.15, 0.2) is 0 Å². The molecule has 14 heavy (non-hydrogen) atoms. The molecule has 6 heteroatoms.